The maximum absolute atomic E-state index is 13.6. The number of carbonyl (C=O) groups excluding carboxylic acids is 1. The van der Waals surface area contributed by atoms with E-state index in [-0.39, 0.29) is 31.1 Å². The molecule has 0 saturated heterocycles. The molecule has 11 nitrogen and oxygen atoms in total. The maximum atomic E-state index is 13.6. The van der Waals surface area contributed by atoms with Crippen molar-refractivity contribution in [2.75, 3.05) is 18.7 Å². The summed E-state index contributed by atoms with van der Waals surface area (Å²) in [6.07, 6.45) is 2.98. The smallest absolute Gasteiger partial charge is 0.342 e. The molecule has 3 unspecified atom stereocenters. The number of aromatic nitrogens is 4. The molecular formula is C21H29N6O5P. The topological polar surface area (TPSA) is 143 Å². The lowest BCUT2D eigenvalue weighted by molar-refractivity contribution is -0.141. The van der Waals surface area contributed by atoms with Crippen molar-refractivity contribution >= 4 is 30.5 Å². The van der Waals surface area contributed by atoms with Crippen LogP contribution in [0.2, 0.25) is 0 Å². The highest BCUT2D eigenvalue weighted by Crippen LogP contribution is 2.44. The summed E-state index contributed by atoms with van der Waals surface area (Å²) in [7, 11) is -3.44. The van der Waals surface area contributed by atoms with Gasteiger partial charge in [-0.1, -0.05) is 18.2 Å². The van der Waals surface area contributed by atoms with Gasteiger partial charge in [0, 0.05) is 13.0 Å². The number of nitrogens with two attached hydrogens (primary N) is 1. The van der Waals surface area contributed by atoms with Crippen molar-refractivity contribution in [2.24, 2.45) is 0 Å². The summed E-state index contributed by atoms with van der Waals surface area (Å²) in [6.45, 7) is 5.68. The molecule has 3 N–H and O–H groups in total. The van der Waals surface area contributed by atoms with E-state index in [4.69, 9.17) is 19.7 Å². The number of carbonyl (C=O) groups is 1. The standard InChI is InChI=1S/C21H29N6O5P/c1-15(9-10-30-17(3)28)26-33(29,32-18-7-5-4-6-8-18)14-31-16(2)11-27-13-25-19-20(22)23-12-24-21(19)27/h4-8,12-13,15-16H,9-11,14H2,1-3H3,(H,26,29)(H2,22,23,24). The molecule has 0 aliphatic carbocycles. The highest BCUT2D eigenvalue weighted by molar-refractivity contribution is 7.57. The first-order valence-corrected chi connectivity index (χ1v) is 12.3. The monoisotopic (exact) mass is 476 g/mol. The van der Waals surface area contributed by atoms with Crippen LogP contribution in [-0.2, 0) is 25.4 Å². The van der Waals surface area contributed by atoms with E-state index in [0.29, 0.717) is 35.7 Å². The van der Waals surface area contributed by atoms with Crippen LogP contribution in [0.3, 0.4) is 0 Å². The number of esters is 1. The molecule has 0 saturated carbocycles. The molecule has 3 aromatic rings. The van der Waals surface area contributed by atoms with Crippen LogP contribution in [0.15, 0.2) is 43.0 Å². The highest BCUT2D eigenvalue weighted by Gasteiger charge is 2.28. The molecule has 0 bridgehead atoms. The number of nitrogen functional groups attached to an aromatic ring is 1. The van der Waals surface area contributed by atoms with E-state index in [1.807, 2.05) is 19.9 Å². The Balaban J connectivity index is 1.64. The molecule has 0 fully saturated rings. The van der Waals surface area contributed by atoms with Crippen LogP contribution in [0.4, 0.5) is 5.82 Å². The first-order chi connectivity index (χ1) is 15.8. The summed E-state index contributed by atoms with van der Waals surface area (Å²) < 4.78 is 32.2. The van der Waals surface area contributed by atoms with E-state index < -0.39 is 7.52 Å². The number of imidazole rings is 1. The molecule has 178 valence electrons. The van der Waals surface area contributed by atoms with Crippen molar-refractivity contribution in [3.8, 4) is 5.75 Å². The summed E-state index contributed by atoms with van der Waals surface area (Å²) in [6, 6.07) is 8.65. The summed E-state index contributed by atoms with van der Waals surface area (Å²) >= 11 is 0. The second-order valence-corrected chi connectivity index (χ2v) is 9.72. The second-order valence-electron chi connectivity index (χ2n) is 7.67. The van der Waals surface area contributed by atoms with Gasteiger partial charge in [-0.2, -0.15) is 0 Å². The quantitative estimate of drug-likeness (QED) is 0.296. The van der Waals surface area contributed by atoms with Gasteiger partial charge in [-0.25, -0.2) is 20.0 Å². The second kappa shape index (κ2) is 11.2. The average molecular weight is 476 g/mol. The molecule has 2 aromatic heterocycles. The molecular weight excluding hydrogens is 447 g/mol. The minimum Gasteiger partial charge on any atom is -0.466 e. The Hall–Kier alpha value is -3.01. The third-order valence-corrected chi connectivity index (χ3v) is 6.51. The molecule has 33 heavy (non-hydrogen) atoms. The number of benzene rings is 1. The van der Waals surface area contributed by atoms with E-state index in [1.165, 1.54) is 13.3 Å². The number of ether oxygens (including phenoxy) is 2. The lowest BCUT2D eigenvalue weighted by atomic mass is 10.3. The molecule has 1 aromatic carbocycles. The van der Waals surface area contributed by atoms with Gasteiger partial charge in [0.05, 0.1) is 25.6 Å². The number of rotatable bonds is 12. The van der Waals surface area contributed by atoms with E-state index >= 15 is 0 Å². The van der Waals surface area contributed by atoms with Gasteiger partial charge in [-0.15, -0.1) is 0 Å². The number of nitrogens with one attached hydrogen (secondary N) is 1. The Kier molecular flexibility index (Phi) is 8.37. The summed E-state index contributed by atoms with van der Waals surface area (Å²) in [5.74, 6) is 0.409. The van der Waals surface area contributed by atoms with Crippen molar-refractivity contribution in [3.05, 3.63) is 43.0 Å². The van der Waals surface area contributed by atoms with Crippen LogP contribution >= 0.6 is 7.52 Å². The number of nitrogens with zero attached hydrogens (tertiary/aromatic N) is 4. The van der Waals surface area contributed by atoms with Crippen molar-refractivity contribution in [1.82, 2.24) is 24.6 Å². The van der Waals surface area contributed by atoms with Crippen LogP contribution in [0.25, 0.3) is 11.2 Å². The summed E-state index contributed by atoms with van der Waals surface area (Å²) in [5, 5.41) is 3.03. The van der Waals surface area contributed by atoms with Gasteiger partial charge < -0.3 is 24.3 Å². The van der Waals surface area contributed by atoms with Crippen molar-refractivity contribution in [1.29, 1.82) is 0 Å². The normalized spacial score (nSPS) is 15.0. The van der Waals surface area contributed by atoms with Crippen molar-refractivity contribution in [2.45, 2.75) is 45.9 Å². The van der Waals surface area contributed by atoms with Crippen molar-refractivity contribution in [3.63, 3.8) is 0 Å². The van der Waals surface area contributed by atoms with Gasteiger partial charge in [-0.3, -0.25) is 9.36 Å². The molecule has 0 spiro atoms. The minimum absolute atomic E-state index is 0.162. The van der Waals surface area contributed by atoms with E-state index in [2.05, 4.69) is 20.0 Å². The van der Waals surface area contributed by atoms with Gasteiger partial charge in [0.25, 0.3) is 0 Å². The predicted molar refractivity (Wildman–Crippen MR) is 124 cm³/mol. The Morgan fingerprint density at radius 3 is 2.70 bits per heavy atom. The van der Waals surface area contributed by atoms with Crippen LogP contribution in [0.5, 0.6) is 5.75 Å². The molecule has 2 heterocycles. The molecule has 0 amide bonds. The third kappa shape index (κ3) is 7.24. The van der Waals surface area contributed by atoms with Crippen LogP contribution < -0.4 is 15.3 Å². The zero-order valence-electron chi connectivity index (χ0n) is 18.9. The third-order valence-electron chi connectivity index (χ3n) is 4.68. The fourth-order valence-electron chi connectivity index (χ4n) is 3.11. The molecule has 0 radical (unpaired) electrons. The Morgan fingerprint density at radius 1 is 1.21 bits per heavy atom. The largest absolute Gasteiger partial charge is 0.466 e. The first kappa shape index (κ1) is 24.6. The van der Waals surface area contributed by atoms with Crippen LogP contribution in [-0.4, -0.2) is 50.6 Å². The maximum Gasteiger partial charge on any atom is 0.342 e. The number of para-hydroxylation sites is 1. The van der Waals surface area contributed by atoms with Crippen LogP contribution in [0.1, 0.15) is 27.2 Å². The zero-order valence-corrected chi connectivity index (χ0v) is 19.8. The number of anilines is 1. The van der Waals surface area contributed by atoms with E-state index in [1.54, 1.807) is 35.2 Å². The molecule has 3 atom stereocenters. The Morgan fingerprint density at radius 2 is 1.97 bits per heavy atom. The molecule has 0 aliphatic rings. The van der Waals surface area contributed by atoms with Gasteiger partial charge in [0.1, 0.15) is 23.9 Å². The summed E-state index contributed by atoms with van der Waals surface area (Å²) in [4.78, 5) is 23.4. The first-order valence-electron chi connectivity index (χ1n) is 10.5. The van der Waals surface area contributed by atoms with Crippen molar-refractivity contribution < 1.29 is 23.4 Å². The summed E-state index contributed by atoms with van der Waals surface area (Å²) in [5.41, 5.74) is 6.96. The SMILES string of the molecule is CC(=O)OCCC(C)NP(=O)(COC(C)Cn1cnc2c(N)ncnc21)Oc1ccccc1. The predicted octanol–water partition coefficient (Wildman–Crippen LogP) is 2.97. The van der Waals surface area contributed by atoms with Gasteiger partial charge in [0.2, 0.25) is 0 Å². The lowest BCUT2D eigenvalue weighted by Crippen LogP contribution is -2.30. The molecule has 3 rings (SSSR count). The number of fused-ring (bicyclic) bond motifs is 1. The average Bonchev–Trinajstić information content (AvgIpc) is 3.17. The Labute approximate surface area is 192 Å². The molecule has 12 heteroatoms. The van der Waals surface area contributed by atoms with Gasteiger partial charge in [-0.05, 0) is 32.4 Å². The number of hydrogen-bond donors (Lipinski definition) is 2. The molecule has 0 aliphatic heterocycles. The fraction of sp³-hybridized carbons (Fsp3) is 0.429. The Bertz CT molecular complexity index is 1110. The van der Waals surface area contributed by atoms with Gasteiger partial charge >= 0.3 is 13.5 Å². The highest BCUT2D eigenvalue weighted by atomic mass is 31.2. The number of hydrogen-bond acceptors (Lipinski definition) is 9. The van der Waals surface area contributed by atoms with Gasteiger partial charge in [0.15, 0.2) is 11.5 Å². The van der Waals surface area contributed by atoms with Crippen LogP contribution in [0, 0.1) is 0 Å². The zero-order chi connectivity index (χ0) is 23.8. The van der Waals surface area contributed by atoms with E-state index in [0.717, 1.165) is 0 Å². The fourth-order valence-corrected chi connectivity index (χ4v) is 5.00. The van der Waals surface area contributed by atoms with E-state index in [9.17, 15) is 9.36 Å². The lowest BCUT2D eigenvalue weighted by Gasteiger charge is -2.25. The minimum atomic E-state index is -3.44.